The highest BCUT2D eigenvalue weighted by atomic mass is 16.5. The number of imidazole rings is 1. The summed E-state index contributed by atoms with van der Waals surface area (Å²) in [6, 6.07) is 45.8. The normalized spacial score (nSPS) is 14.0. The molecule has 8 aromatic rings. The lowest BCUT2D eigenvalue weighted by atomic mass is 9.75. The Morgan fingerprint density at radius 1 is 0.655 bits per heavy atom. The first kappa shape index (κ1) is 35.5. The second kappa shape index (κ2) is 13.9. The van der Waals surface area contributed by atoms with Gasteiger partial charge in [-0.05, 0) is 62.2 Å². The zero-order valence-electron chi connectivity index (χ0n) is 33.2. The Kier molecular flexibility index (Phi) is 8.51. The number of nitrogens with zero attached hydrogens (tertiary/aromatic N) is 5. The third-order valence-corrected chi connectivity index (χ3v) is 12.1. The van der Waals surface area contributed by atoms with E-state index >= 15 is 0 Å². The van der Waals surface area contributed by atoms with Gasteiger partial charge in [0, 0.05) is 88.3 Å². The zero-order valence-corrected chi connectivity index (χ0v) is 33.2. The van der Waals surface area contributed by atoms with Crippen molar-refractivity contribution in [2.45, 2.75) is 33.2 Å². The van der Waals surface area contributed by atoms with E-state index in [0.717, 1.165) is 93.0 Å². The standard InChI is InChI=1S/C50H44N6O2/c1-5-54(6-2)34-25-27-42-44(29-34)58-45-30-35(55(7-3)8-4)26-28-43(45)50(42)41-20-14-13-19-40(41)49(57)56(50)51-31-32-21-23-33(24-22-32)48-52-46-38-17-11-9-15-36(38)37-16-10-12-18-39(37)47(46)53-48/h9-31H,5-8H2,1-4H3,(H,52,53)/b51-31+. The quantitative estimate of drug-likeness (QED) is 0.117. The third kappa shape index (κ3) is 5.24. The molecule has 1 amide bonds. The van der Waals surface area contributed by atoms with Gasteiger partial charge in [0.25, 0.3) is 5.91 Å². The predicted molar refractivity (Wildman–Crippen MR) is 237 cm³/mol. The van der Waals surface area contributed by atoms with Crippen LogP contribution in [-0.4, -0.2) is 53.3 Å². The van der Waals surface area contributed by atoms with E-state index in [-0.39, 0.29) is 5.91 Å². The molecule has 286 valence electrons. The van der Waals surface area contributed by atoms with Crippen molar-refractivity contribution >= 4 is 56.1 Å². The van der Waals surface area contributed by atoms with Gasteiger partial charge in [-0.2, -0.15) is 5.10 Å². The highest BCUT2D eigenvalue weighted by Crippen LogP contribution is 2.58. The number of hydrogen-bond donors (Lipinski definition) is 1. The molecule has 8 heteroatoms. The van der Waals surface area contributed by atoms with Crippen molar-refractivity contribution in [1.29, 1.82) is 0 Å². The van der Waals surface area contributed by atoms with Crippen molar-refractivity contribution in [3.63, 3.8) is 0 Å². The molecule has 0 radical (unpaired) electrons. The van der Waals surface area contributed by atoms with Gasteiger partial charge >= 0.3 is 0 Å². The molecular weight excluding hydrogens is 717 g/mol. The summed E-state index contributed by atoms with van der Waals surface area (Å²) < 4.78 is 6.86. The van der Waals surface area contributed by atoms with Crippen molar-refractivity contribution < 1.29 is 9.53 Å². The van der Waals surface area contributed by atoms with Crippen LogP contribution in [0.3, 0.4) is 0 Å². The Bertz CT molecular complexity index is 2790. The maximum Gasteiger partial charge on any atom is 0.275 e. The molecule has 1 spiro atoms. The van der Waals surface area contributed by atoms with Crippen LogP contribution < -0.4 is 14.5 Å². The summed E-state index contributed by atoms with van der Waals surface area (Å²) in [4.78, 5) is 28.1. The number of anilines is 2. The van der Waals surface area contributed by atoms with Crippen molar-refractivity contribution in [3.8, 4) is 22.9 Å². The van der Waals surface area contributed by atoms with Gasteiger partial charge < -0.3 is 19.5 Å². The van der Waals surface area contributed by atoms with Gasteiger partial charge in [0.05, 0.1) is 17.2 Å². The molecule has 0 fully saturated rings. The summed E-state index contributed by atoms with van der Waals surface area (Å²) in [6.45, 7) is 12.1. The average Bonchev–Trinajstić information content (AvgIpc) is 3.83. The van der Waals surface area contributed by atoms with E-state index in [4.69, 9.17) is 14.8 Å². The Labute approximate surface area is 338 Å². The van der Waals surface area contributed by atoms with Gasteiger partial charge in [-0.1, -0.05) is 103 Å². The van der Waals surface area contributed by atoms with E-state index in [1.54, 1.807) is 11.2 Å². The van der Waals surface area contributed by atoms with Gasteiger partial charge in [-0.15, -0.1) is 0 Å². The van der Waals surface area contributed by atoms with Crippen molar-refractivity contribution in [1.82, 2.24) is 15.0 Å². The summed E-state index contributed by atoms with van der Waals surface area (Å²) in [5, 5.41) is 11.4. The first-order valence-electron chi connectivity index (χ1n) is 20.3. The number of H-pyrrole nitrogens is 1. The Balaban J connectivity index is 1.09. The number of ether oxygens (including phenoxy) is 1. The SMILES string of the molecule is CCN(CC)c1ccc2c(c1)Oc1cc(N(CC)CC)ccc1C21c2ccccc2C(=O)N1/N=C/c1ccc(-c2nc3c4ccccc4c4ccccc4c3[nH]2)cc1. The van der Waals surface area contributed by atoms with Gasteiger partial charge in [0.2, 0.25) is 0 Å². The molecule has 2 aliphatic heterocycles. The monoisotopic (exact) mass is 760 g/mol. The molecule has 0 aliphatic carbocycles. The molecule has 0 atom stereocenters. The second-order valence-corrected chi connectivity index (χ2v) is 14.9. The summed E-state index contributed by atoms with van der Waals surface area (Å²) in [6.07, 6.45) is 1.79. The molecule has 7 aromatic carbocycles. The minimum Gasteiger partial charge on any atom is -0.456 e. The molecule has 2 aliphatic rings. The predicted octanol–water partition coefficient (Wildman–Crippen LogP) is 11.1. The Morgan fingerprint density at radius 2 is 1.21 bits per heavy atom. The molecule has 1 N–H and O–H groups in total. The van der Waals surface area contributed by atoms with Crippen molar-refractivity contribution in [2.24, 2.45) is 5.10 Å². The number of carbonyl (C=O) groups excluding carboxylic acids is 1. The number of aromatic nitrogens is 2. The van der Waals surface area contributed by atoms with Crippen LogP contribution in [0.5, 0.6) is 11.5 Å². The number of carbonyl (C=O) groups is 1. The van der Waals surface area contributed by atoms with E-state index in [1.807, 2.05) is 30.3 Å². The highest BCUT2D eigenvalue weighted by Gasteiger charge is 2.57. The number of benzene rings is 7. The van der Waals surface area contributed by atoms with Gasteiger partial charge in [-0.25, -0.2) is 9.99 Å². The number of fused-ring (bicyclic) bond motifs is 12. The number of hydrazone groups is 1. The van der Waals surface area contributed by atoms with Crippen LogP contribution in [0, 0.1) is 0 Å². The van der Waals surface area contributed by atoms with Crippen LogP contribution in [0.2, 0.25) is 0 Å². The summed E-state index contributed by atoms with van der Waals surface area (Å²) in [5.41, 5.74) is 8.14. The maximum atomic E-state index is 14.7. The lowest BCUT2D eigenvalue weighted by molar-refractivity contribution is 0.0675. The van der Waals surface area contributed by atoms with Crippen LogP contribution in [0.4, 0.5) is 11.4 Å². The zero-order chi connectivity index (χ0) is 39.5. The average molecular weight is 761 g/mol. The summed E-state index contributed by atoms with van der Waals surface area (Å²) in [5.74, 6) is 2.07. The van der Waals surface area contributed by atoms with E-state index in [2.05, 4.69) is 146 Å². The van der Waals surface area contributed by atoms with E-state index < -0.39 is 5.54 Å². The largest absolute Gasteiger partial charge is 0.456 e. The minimum absolute atomic E-state index is 0.162. The van der Waals surface area contributed by atoms with Crippen molar-refractivity contribution in [2.75, 3.05) is 36.0 Å². The highest BCUT2D eigenvalue weighted by molar-refractivity contribution is 6.23. The first-order valence-corrected chi connectivity index (χ1v) is 20.3. The fraction of sp³-hybridized carbons (Fsp3) is 0.180. The van der Waals surface area contributed by atoms with Gasteiger partial charge in [0.15, 0.2) is 0 Å². The number of hydrogen-bond acceptors (Lipinski definition) is 6. The van der Waals surface area contributed by atoms with Crippen LogP contribution in [0.15, 0.2) is 139 Å². The number of amides is 1. The van der Waals surface area contributed by atoms with Crippen LogP contribution in [0.25, 0.3) is 44.0 Å². The summed E-state index contributed by atoms with van der Waals surface area (Å²) in [7, 11) is 0. The molecule has 3 heterocycles. The molecule has 58 heavy (non-hydrogen) atoms. The lowest BCUT2D eigenvalue weighted by Crippen LogP contribution is -2.44. The molecule has 8 nitrogen and oxygen atoms in total. The molecule has 0 unspecified atom stereocenters. The third-order valence-electron chi connectivity index (χ3n) is 12.1. The van der Waals surface area contributed by atoms with Crippen LogP contribution in [0.1, 0.15) is 60.3 Å². The smallest absolute Gasteiger partial charge is 0.275 e. The van der Waals surface area contributed by atoms with Crippen LogP contribution >= 0.6 is 0 Å². The van der Waals surface area contributed by atoms with Crippen molar-refractivity contribution in [3.05, 3.63) is 161 Å². The second-order valence-electron chi connectivity index (χ2n) is 14.9. The minimum atomic E-state index is -1.06. The molecule has 0 saturated heterocycles. The molecule has 10 rings (SSSR count). The summed E-state index contributed by atoms with van der Waals surface area (Å²) >= 11 is 0. The number of nitrogens with one attached hydrogen (secondary N) is 1. The van der Waals surface area contributed by atoms with Gasteiger partial charge in [0.1, 0.15) is 22.9 Å². The fourth-order valence-electron chi connectivity index (χ4n) is 9.26. The molecule has 0 bridgehead atoms. The Hall–Kier alpha value is -6.93. The molecule has 0 saturated carbocycles. The van der Waals surface area contributed by atoms with Gasteiger partial charge in [-0.3, -0.25) is 4.79 Å². The van der Waals surface area contributed by atoms with Crippen LogP contribution in [-0.2, 0) is 5.54 Å². The first-order chi connectivity index (χ1) is 28.5. The Morgan fingerprint density at radius 3 is 1.83 bits per heavy atom. The molecular formula is C50H44N6O2. The lowest BCUT2D eigenvalue weighted by Gasteiger charge is -2.42. The maximum absolute atomic E-state index is 14.7. The molecule has 1 aromatic heterocycles. The van der Waals surface area contributed by atoms with E-state index in [0.29, 0.717) is 17.1 Å². The van der Waals surface area contributed by atoms with E-state index in [1.165, 1.54) is 10.8 Å². The fourth-order valence-corrected chi connectivity index (χ4v) is 9.26. The number of aromatic amines is 1. The van der Waals surface area contributed by atoms with E-state index in [9.17, 15) is 4.79 Å². The topological polar surface area (TPSA) is 77.1 Å². The number of rotatable bonds is 9.